The molecular weight excluding hydrogens is 382 g/mol. The molecule has 0 spiro atoms. The molecule has 0 unspecified atom stereocenters. The molecule has 0 aliphatic carbocycles. The van der Waals surface area contributed by atoms with Crippen molar-refractivity contribution in [1.82, 2.24) is 5.32 Å². The molecule has 2 N–H and O–H groups in total. The molecule has 0 atom stereocenters. The van der Waals surface area contributed by atoms with Crippen molar-refractivity contribution in [3.05, 3.63) is 40.9 Å². The highest BCUT2D eigenvalue weighted by molar-refractivity contribution is 6.32. The van der Waals surface area contributed by atoms with Gasteiger partial charge in [-0.2, -0.15) is 0 Å². The summed E-state index contributed by atoms with van der Waals surface area (Å²) in [6, 6.07) is 9.53. The first-order chi connectivity index (χ1) is 13.7. The van der Waals surface area contributed by atoms with Crippen molar-refractivity contribution in [2.75, 3.05) is 38.8 Å². The molecule has 4 rings (SSSR count). The number of hydrogen-bond acceptors (Lipinski definition) is 5. The molecule has 0 radical (unpaired) electrons. The van der Waals surface area contributed by atoms with E-state index in [0.717, 1.165) is 29.2 Å². The quantitative estimate of drug-likeness (QED) is 0.604. The van der Waals surface area contributed by atoms with Crippen LogP contribution in [0.25, 0.3) is 0 Å². The SMILES string of the molecule is CN=C(NCc1cc(Cl)c2c(c1)OCCO2)Nc1ccc2c(c1)OCCCO2. The number of fused-ring (bicyclic) bond motifs is 2. The molecule has 28 heavy (non-hydrogen) atoms. The van der Waals surface area contributed by atoms with E-state index in [1.54, 1.807) is 7.05 Å². The number of hydrogen-bond donors (Lipinski definition) is 2. The molecule has 0 bridgehead atoms. The smallest absolute Gasteiger partial charge is 0.195 e. The Morgan fingerprint density at radius 1 is 0.964 bits per heavy atom. The van der Waals surface area contributed by atoms with Crippen LogP contribution >= 0.6 is 11.6 Å². The van der Waals surface area contributed by atoms with Gasteiger partial charge in [0, 0.05) is 31.8 Å². The highest BCUT2D eigenvalue weighted by Crippen LogP contribution is 2.38. The second-order valence-corrected chi connectivity index (χ2v) is 6.77. The van der Waals surface area contributed by atoms with E-state index in [-0.39, 0.29) is 0 Å². The Morgan fingerprint density at radius 3 is 2.61 bits per heavy atom. The first-order valence-corrected chi connectivity index (χ1v) is 9.56. The lowest BCUT2D eigenvalue weighted by atomic mass is 10.2. The lowest BCUT2D eigenvalue weighted by Gasteiger charge is -2.20. The molecule has 0 aromatic heterocycles. The van der Waals surface area contributed by atoms with Crippen molar-refractivity contribution >= 4 is 23.2 Å². The maximum atomic E-state index is 6.30. The van der Waals surface area contributed by atoms with E-state index >= 15 is 0 Å². The maximum absolute atomic E-state index is 6.30. The van der Waals surface area contributed by atoms with Gasteiger partial charge in [0.1, 0.15) is 13.2 Å². The van der Waals surface area contributed by atoms with Gasteiger partial charge in [0.15, 0.2) is 29.0 Å². The van der Waals surface area contributed by atoms with E-state index in [1.165, 1.54) is 0 Å². The summed E-state index contributed by atoms with van der Waals surface area (Å²) in [4.78, 5) is 4.27. The molecule has 2 aliphatic rings. The summed E-state index contributed by atoms with van der Waals surface area (Å²) >= 11 is 6.30. The minimum absolute atomic E-state index is 0.510. The van der Waals surface area contributed by atoms with Crippen molar-refractivity contribution in [3.63, 3.8) is 0 Å². The lowest BCUT2D eigenvalue weighted by Crippen LogP contribution is -2.30. The van der Waals surface area contributed by atoms with E-state index in [1.807, 2.05) is 30.3 Å². The molecule has 2 aromatic carbocycles. The van der Waals surface area contributed by atoms with Crippen LogP contribution in [-0.4, -0.2) is 39.4 Å². The third-order valence-electron chi connectivity index (χ3n) is 4.35. The summed E-state index contributed by atoms with van der Waals surface area (Å²) in [5.74, 6) is 3.39. The zero-order valence-electron chi connectivity index (χ0n) is 15.6. The predicted molar refractivity (Wildman–Crippen MR) is 108 cm³/mol. The van der Waals surface area contributed by atoms with Crippen molar-refractivity contribution in [2.24, 2.45) is 4.99 Å². The average molecular weight is 404 g/mol. The first-order valence-electron chi connectivity index (χ1n) is 9.18. The van der Waals surface area contributed by atoms with Crippen LogP contribution in [0.3, 0.4) is 0 Å². The molecule has 0 amide bonds. The summed E-state index contributed by atoms with van der Waals surface area (Å²) < 4.78 is 22.6. The Morgan fingerprint density at radius 2 is 1.75 bits per heavy atom. The third kappa shape index (κ3) is 4.20. The highest BCUT2D eigenvalue weighted by atomic mass is 35.5. The largest absolute Gasteiger partial charge is 0.490 e. The average Bonchev–Trinajstić information content (AvgIpc) is 2.96. The van der Waals surface area contributed by atoms with Crippen LogP contribution in [0.1, 0.15) is 12.0 Å². The fraction of sp³-hybridized carbons (Fsp3) is 0.350. The van der Waals surface area contributed by atoms with Gasteiger partial charge in [-0.25, -0.2) is 0 Å². The molecule has 7 nitrogen and oxygen atoms in total. The van der Waals surface area contributed by atoms with Gasteiger partial charge < -0.3 is 29.6 Å². The van der Waals surface area contributed by atoms with Crippen molar-refractivity contribution in [1.29, 1.82) is 0 Å². The summed E-state index contributed by atoms with van der Waals surface area (Å²) in [6.45, 7) is 2.87. The van der Waals surface area contributed by atoms with Gasteiger partial charge in [0.05, 0.1) is 18.2 Å². The summed E-state index contributed by atoms with van der Waals surface area (Å²) in [6.07, 6.45) is 0.874. The van der Waals surface area contributed by atoms with Crippen LogP contribution in [0, 0.1) is 0 Å². The standard InChI is InChI=1S/C20H22ClN3O4/c1-22-20(24-14-3-4-16-17(11-14)26-6-2-5-25-16)23-12-13-9-15(21)19-18(10-13)27-7-8-28-19/h3-4,9-11H,2,5-8,12H2,1H3,(H2,22,23,24). The van der Waals surface area contributed by atoms with Crippen molar-refractivity contribution in [3.8, 4) is 23.0 Å². The number of benzene rings is 2. The van der Waals surface area contributed by atoms with Gasteiger partial charge in [-0.15, -0.1) is 0 Å². The van der Waals surface area contributed by atoms with Gasteiger partial charge in [-0.05, 0) is 29.8 Å². The molecule has 2 heterocycles. The fourth-order valence-corrected chi connectivity index (χ4v) is 3.30. The van der Waals surface area contributed by atoms with Gasteiger partial charge in [-0.3, -0.25) is 4.99 Å². The zero-order valence-corrected chi connectivity index (χ0v) is 16.3. The van der Waals surface area contributed by atoms with Crippen LogP contribution in [0.4, 0.5) is 5.69 Å². The zero-order chi connectivity index (χ0) is 19.3. The number of nitrogens with one attached hydrogen (secondary N) is 2. The van der Waals surface area contributed by atoms with E-state index in [0.29, 0.717) is 55.5 Å². The number of halogens is 1. The topological polar surface area (TPSA) is 73.3 Å². The fourth-order valence-electron chi connectivity index (χ4n) is 3.01. The molecule has 0 saturated heterocycles. The second-order valence-electron chi connectivity index (χ2n) is 6.36. The van der Waals surface area contributed by atoms with E-state index in [4.69, 9.17) is 30.5 Å². The lowest BCUT2D eigenvalue weighted by molar-refractivity contribution is 0.171. The summed E-state index contributed by atoms with van der Waals surface area (Å²) in [5.41, 5.74) is 1.83. The Labute approximate surface area is 168 Å². The van der Waals surface area contributed by atoms with Gasteiger partial charge in [0.2, 0.25) is 0 Å². The van der Waals surface area contributed by atoms with Crippen LogP contribution in [-0.2, 0) is 6.54 Å². The molecule has 148 valence electrons. The molecular formula is C20H22ClN3O4. The molecule has 2 aliphatic heterocycles. The van der Waals surface area contributed by atoms with E-state index in [2.05, 4.69) is 15.6 Å². The Hall–Kier alpha value is -2.80. The van der Waals surface area contributed by atoms with Crippen LogP contribution in [0.5, 0.6) is 23.0 Å². The van der Waals surface area contributed by atoms with Crippen molar-refractivity contribution < 1.29 is 18.9 Å². The number of aliphatic imine (C=N–C) groups is 1. The number of ether oxygens (including phenoxy) is 4. The molecule has 0 fully saturated rings. The first kappa shape index (κ1) is 18.6. The van der Waals surface area contributed by atoms with Gasteiger partial charge in [-0.1, -0.05) is 11.6 Å². The summed E-state index contributed by atoms with van der Waals surface area (Å²) in [7, 11) is 1.72. The maximum Gasteiger partial charge on any atom is 0.195 e. The second kappa shape index (κ2) is 8.48. The normalized spacial score (nSPS) is 15.6. The molecule has 8 heteroatoms. The number of nitrogens with zero attached hydrogens (tertiary/aromatic N) is 1. The number of guanidine groups is 1. The number of anilines is 1. The predicted octanol–water partition coefficient (Wildman–Crippen LogP) is 3.46. The molecule has 0 saturated carbocycles. The van der Waals surface area contributed by atoms with Gasteiger partial charge >= 0.3 is 0 Å². The highest BCUT2D eigenvalue weighted by Gasteiger charge is 2.17. The Balaban J connectivity index is 1.42. The van der Waals surface area contributed by atoms with E-state index in [9.17, 15) is 0 Å². The van der Waals surface area contributed by atoms with Gasteiger partial charge in [0.25, 0.3) is 0 Å². The Bertz CT molecular complexity index is 888. The Kier molecular flexibility index (Phi) is 5.62. The van der Waals surface area contributed by atoms with E-state index < -0.39 is 0 Å². The minimum Gasteiger partial charge on any atom is -0.490 e. The van der Waals surface area contributed by atoms with Crippen LogP contribution in [0.2, 0.25) is 5.02 Å². The van der Waals surface area contributed by atoms with Crippen molar-refractivity contribution in [2.45, 2.75) is 13.0 Å². The van der Waals surface area contributed by atoms with Crippen LogP contribution in [0.15, 0.2) is 35.3 Å². The number of rotatable bonds is 3. The minimum atomic E-state index is 0.510. The summed E-state index contributed by atoms with van der Waals surface area (Å²) in [5, 5.41) is 7.07. The monoisotopic (exact) mass is 403 g/mol. The molecule has 2 aromatic rings. The third-order valence-corrected chi connectivity index (χ3v) is 4.63. The van der Waals surface area contributed by atoms with Crippen LogP contribution < -0.4 is 29.6 Å².